The van der Waals surface area contributed by atoms with Crippen molar-refractivity contribution in [2.45, 2.75) is 43.2 Å². The van der Waals surface area contributed by atoms with E-state index in [0.29, 0.717) is 31.4 Å². The van der Waals surface area contributed by atoms with Crippen molar-refractivity contribution in [2.24, 2.45) is 5.92 Å². The van der Waals surface area contributed by atoms with Crippen LogP contribution in [0.25, 0.3) is 0 Å². The highest BCUT2D eigenvalue weighted by Crippen LogP contribution is 2.38. The van der Waals surface area contributed by atoms with Crippen molar-refractivity contribution in [3.63, 3.8) is 0 Å². The Morgan fingerprint density at radius 3 is 2.61 bits per heavy atom. The van der Waals surface area contributed by atoms with Crippen molar-refractivity contribution in [1.82, 2.24) is 9.97 Å². The van der Waals surface area contributed by atoms with Gasteiger partial charge in [0.15, 0.2) is 5.16 Å². The zero-order valence-corrected chi connectivity index (χ0v) is 18.9. The number of aromatic nitrogens is 2. The smallest absolute Gasteiger partial charge is 0.305 e. The number of amides is 1. The summed E-state index contributed by atoms with van der Waals surface area (Å²) in [5, 5.41) is 0.197. The van der Waals surface area contributed by atoms with Gasteiger partial charge in [0.1, 0.15) is 17.3 Å². The third-order valence-electron chi connectivity index (χ3n) is 6.04. The lowest BCUT2D eigenvalue weighted by Crippen LogP contribution is -2.32. The first-order chi connectivity index (χ1) is 15.0. The van der Waals surface area contributed by atoms with Gasteiger partial charge in [0.05, 0.1) is 13.7 Å². The molecule has 1 aliphatic heterocycles. The largest absolute Gasteiger partial charge is 0.475 e. The highest BCUT2D eigenvalue weighted by Gasteiger charge is 2.30. The van der Waals surface area contributed by atoms with Crippen molar-refractivity contribution < 1.29 is 19.1 Å². The number of carbonyl (C=O) groups is 2. The molecule has 2 aromatic rings. The van der Waals surface area contributed by atoms with Gasteiger partial charge >= 0.3 is 5.97 Å². The van der Waals surface area contributed by atoms with Gasteiger partial charge in [-0.15, -0.1) is 12.6 Å². The SMILES string of the molecule is COC(=O)C[C@H]1CC[C@H](c2ccc(N3CCOc4nc(S)nc(Cl)c4C3=O)cc2)CC1. The third kappa shape index (κ3) is 4.80. The molecule has 4 rings (SSSR count). The zero-order valence-electron chi connectivity index (χ0n) is 17.2. The lowest BCUT2D eigenvalue weighted by atomic mass is 9.77. The summed E-state index contributed by atoms with van der Waals surface area (Å²) >= 11 is 10.3. The molecule has 0 saturated heterocycles. The van der Waals surface area contributed by atoms with E-state index in [0.717, 1.165) is 31.4 Å². The monoisotopic (exact) mass is 461 g/mol. The number of esters is 1. The van der Waals surface area contributed by atoms with Gasteiger partial charge in [0.2, 0.25) is 5.88 Å². The molecule has 2 aliphatic rings. The number of methoxy groups -OCH3 is 1. The molecule has 1 saturated carbocycles. The van der Waals surface area contributed by atoms with Crippen LogP contribution in [0.1, 0.15) is 53.9 Å². The summed E-state index contributed by atoms with van der Waals surface area (Å²) in [6.45, 7) is 0.677. The molecule has 0 spiro atoms. The molecule has 1 aromatic heterocycles. The lowest BCUT2D eigenvalue weighted by Gasteiger charge is -2.28. The van der Waals surface area contributed by atoms with E-state index in [1.165, 1.54) is 12.7 Å². The Morgan fingerprint density at radius 1 is 1.23 bits per heavy atom. The standard InChI is InChI=1S/C22H24ClN3O4S/c1-29-17(27)12-13-2-4-14(5-3-13)15-6-8-16(9-7-15)26-10-11-30-20-18(21(26)28)19(23)24-22(31)25-20/h6-9,13-14H,2-5,10-12H2,1H3,(H,24,25,31)/t13-,14-. The van der Waals surface area contributed by atoms with E-state index in [4.69, 9.17) is 21.1 Å². The maximum absolute atomic E-state index is 13.1. The lowest BCUT2D eigenvalue weighted by molar-refractivity contribution is -0.142. The molecular weight excluding hydrogens is 438 g/mol. The number of hydrogen-bond donors (Lipinski definition) is 1. The molecule has 0 atom stereocenters. The Bertz CT molecular complexity index is 977. The minimum atomic E-state index is -0.290. The quantitative estimate of drug-likeness (QED) is 0.316. The van der Waals surface area contributed by atoms with Crippen LogP contribution in [0, 0.1) is 5.92 Å². The Kier molecular flexibility index (Phi) is 6.67. The van der Waals surface area contributed by atoms with Crippen LogP contribution in [-0.4, -0.2) is 42.1 Å². The number of carbonyl (C=O) groups excluding carboxylic acids is 2. The van der Waals surface area contributed by atoms with Gasteiger partial charge in [-0.3, -0.25) is 9.59 Å². The summed E-state index contributed by atoms with van der Waals surface area (Å²) < 4.78 is 10.4. The summed E-state index contributed by atoms with van der Waals surface area (Å²) in [7, 11) is 1.44. The highest BCUT2D eigenvalue weighted by atomic mass is 35.5. The van der Waals surface area contributed by atoms with E-state index in [1.807, 2.05) is 12.1 Å². The number of ether oxygens (including phenoxy) is 2. The van der Waals surface area contributed by atoms with Crippen LogP contribution in [0.15, 0.2) is 29.4 Å². The summed E-state index contributed by atoms with van der Waals surface area (Å²) in [6.07, 6.45) is 4.63. The molecule has 1 amide bonds. The van der Waals surface area contributed by atoms with Crippen LogP contribution in [0.4, 0.5) is 5.69 Å². The molecule has 0 bridgehead atoms. The Balaban J connectivity index is 1.46. The van der Waals surface area contributed by atoms with E-state index in [1.54, 1.807) is 4.90 Å². The minimum Gasteiger partial charge on any atom is -0.475 e. The number of halogens is 1. The molecule has 164 valence electrons. The first-order valence-electron chi connectivity index (χ1n) is 10.3. The molecule has 0 unspecified atom stereocenters. The number of rotatable bonds is 4. The number of nitrogens with zero attached hydrogens (tertiary/aromatic N) is 3. The number of hydrogen-bond acceptors (Lipinski definition) is 7. The van der Waals surface area contributed by atoms with Crippen LogP contribution in [-0.2, 0) is 9.53 Å². The molecule has 1 fully saturated rings. The summed E-state index contributed by atoms with van der Waals surface area (Å²) in [5.41, 5.74) is 2.18. The van der Waals surface area contributed by atoms with E-state index in [-0.39, 0.29) is 33.6 Å². The first kappa shape index (κ1) is 21.9. The number of anilines is 1. The minimum absolute atomic E-state index is 0.0345. The van der Waals surface area contributed by atoms with Crippen LogP contribution >= 0.6 is 24.2 Å². The first-order valence-corrected chi connectivity index (χ1v) is 11.2. The van der Waals surface area contributed by atoms with Crippen LogP contribution in [0.5, 0.6) is 5.88 Å². The van der Waals surface area contributed by atoms with Gasteiger partial charge in [-0.25, -0.2) is 4.98 Å². The van der Waals surface area contributed by atoms with Crippen molar-refractivity contribution in [2.75, 3.05) is 25.2 Å². The molecule has 1 aliphatic carbocycles. The second-order valence-corrected chi connectivity index (χ2v) is 8.65. The van der Waals surface area contributed by atoms with E-state index in [2.05, 4.69) is 34.7 Å². The van der Waals surface area contributed by atoms with E-state index < -0.39 is 0 Å². The Labute approximate surface area is 191 Å². The fourth-order valence-corrected chi connectivity index (χ4v) is 4.84. The Morgan fingerprint density at radius 2 is 1.94 bits per heavy atom. The molecule has 31 heavy (non-hydrogen) atoms. The maximum Gasteiger partial charge on any atom is 0.305 e. The summed E-state index contributed by atoms with van der Waals surface area (Å²) in [6, 6.07) is 8.08. The third-order valence-corrected chi connectivity index (χ3v) is 6.51. The number of fused-ring (bicyclic) bond motifs is 1. The van der Waals surface area contributed by atoms with Crippen molar-refractivity contribution in [3.05, 3.63) is 40.5 Å². The molecule has 7 nitrogen and oxygen atoms in total. The van der Waals surface area contributed by atoms with Crippen LogP contribution in [0.3, 0.4) is 0 Å². The predicted octanol–water partition coefficient (Wildman–Crippen LogP) is 4.29. The second-order valence-electron chi connectivity index (χ2n) is 7.89. The fourth-order valence-electron chi connectivity index (χ4n) is 4.35. The number of benzene rings is 1. The molecule has 0 radical (unpaired) electrons. The molecule has 1 aromatic carbocycles. The van der Waals surface area contributed by atoms with Gasteiger partial charge in [-0.1, -0.05) is 23.7 Å². The fraction of sp³-hybridized carbons (Fsp3) is 0.455. The van der Waals surface area contributed by atoms with Gasteiger partial charge in [0, 0.05) is 12.1 Å². The van der Waals surface area contributed by atoms with Crippen molar-refractivity contribution in [1.29, 1.82) is 0 Å². The van der Waals surface area contributed by atoms with Crippen LogP contribution in [0.2, 0.25) is 5.15 Å². The zero-order chi connectivity index (χ0) is 22.0. The molecule has 9 heteroatoms. The van der Waals surface area contributed by atoms with Crippen molar-refractivity contribution >= 4 is 41.8 Å². The van der Waals surface area contributed by atoms with Gasteiger partial charge in [-0.2, -0.15) is 4.98 Å². The van der Waals surface area contributed by atoms with E-state index >= 15 is 0 Å². The second kappa shape index (κ2) is 9.44. The Hall–Kier alpha value is -2.32. The van der Waals surface area contributed by atoms with Gasteiger partial charge < -0.3 is 14.4 Å². The summed E-state index contributed by atoms with van der Waals surface area (Å²) in [4.78, 5) is 34.3. The molecule has 0 N–H and O–H groups in total. The average molecular weight is 462 g/mol. The topological polar surface area (TPSA) is 81.6 Å². The van der Waals surface area contributed by atoms with Crippen molar-refractivity contribution in [3.8, 4) is 5.88 Å². The predicted molar refractivity (Wildman–Crippen MR) is 119 cm³/mol. The van der Waals surface area contributed by atoms with Crippen LogP contribution < -0.4 is 9.64 Å². The molecule has 2 heterocycles. The maximum atomic E-state index is 13.1. The summed E-state index contributed by atoms with van der Waals surface area (Å²) in [5.74, 6) is 0.613. The highest BCUT2D eigenvalue weighted by molar-refractivity contribution is 7.80. The molecular formula is C22H24ClN3O4S. The van der Waals surface area contributed by atoms with E-state index in [9.17, 15) is 9.59 Å². The number of thiol groups is 1. The normalized spacial score (nSPS) is 21.1. The van der Waals surface area contributed by atoms with Gasteiger partial charge in [-0.05, 0) is 55.2 Å². The van der Waals surface area contributed by atoms with Gasteiger partial charge in [0.25, 0.3) is 5.91 Å². The average Bonchev–Trinajstić information content (AvgIpc) is 2.93.